The Kier molecular flexibility index (Phi) is 15.3. The van der Waals surface area contributed by atoms with Crippen LogP contribution >= 0.6 is 0 Å². The first-order valence-electron chi connectivity index (χ1n) is 23.3. The predicted molar refractivity (Wildman–Crippen MR) is 234 cm³/mol. The van der Waals surface area contributed by atoms with E-state index in [1.165, 1.54) is 89.0 Å². The van der Waals surface area contributed by atoms with Gasteiger partial charge in [-0.2, -0.15) is 0 Å². The lowest BCUT2D eigenvalue weighted by Crippen LogP contribution is -2.51. The molecule has 8 atom stereocenters. The lowest BCUT2D eigenvalue weighted by Gasteiger charge is -2.58. The summed E-state index contributed by atoms with van der Waals surface area (Å²) >= 11 is 0. The number of aryl methyl sites for hydroxylation is 1. The largest absolute Gasteiger partial charge is 0.494 e. The van der Waals surface area contributed by atoms with Crippen LogP contribution in [-0.2, 0) is 16.0 Å². The molecule has 6 rings (SSSR count). The number of carbonyl (C=O) groups excluding carboxylic acids is 1. The molecule has 3 nitrogen and oxygen atoms in total. The quantitative estimate of drug-likeness (QED) is 0.0657. The van der Waals surface area contributed by atoms with E-state index in [9.17, 15) is 4.79 Å². The number of ether oxygens (including phenoxy) is 2. The maximum Gasteiger partial charge on any atom is 0.306 e. The van der Waals surface area contributed by atoms with Crippen molar-refractivity contribution in [2.24, 2.45) is 46.3 Å². The van der Waals surface area contributed by atoms with E-state index in [2.05, 4.69) is 83.7 Å². The van der Waals surface area contributed by atoms with Gasteiger partial charge >= 0.3 is 5.97 Å². The summed E-state index contributed by atoms with van der Waals surface area (Å²) in [7, 11) is 0. The summed E-state index contributed by atoms with van der Waals surface area (Å²) in [6.45, 7) is 15.5. The van der Waals surface area contributed by atoms with E-state index in [4.69, 9.17) is 9.47 Å². The fourth-order valence-corrected chi connectivity index (χ4v) is 12.0. The molecular formula is C53H76O3. The minimum Gasteiger partial charge on any atom is -0.494 e. The lowest BCUT2D eigenvalue weighted by molar-refractivity contribution is -0.151. The maximum atomic E-state index is 12.9. The van der Waals surface area contributed by atoms with Gasteiger partial charge in [-0.05, 0) is 165 Å². The Morgan fingerprint density at radius 3 is 2.25 bits per heavy atom. The molecule has 0 saturated heterocycles. The zero-order chi connectivity index (χ0) is 39.5. The predicted octanol–water partition coefficient (Wildman–Crippen LogP) is 14.1. The summed E-state index contributed by atoms with van der Waals surface area (Å²) in [5.74, 6) is 12.6. The van der Waals surface area contributed by atoms with Gasteiger partial charge in [0.05, 0.1) is 6.61 Å². The Morgan fingerprint density at radius 2 is 1.52 bits per heavy atom. The Morgan fingerprint density at radius 1 is 0.786 bits per heavy atom. The molecule has 0 heterocycles. The highest BCUT2D eigenvalue weighted by atomic mass is 16.5. The molecule has 2 aromatic rings. The average molecular weight is 761 g/mol. The van der Waals surface area contributed by atoms with Gasteiger partial charge in [-0.15, -0.1) is 0 Å². The molecule has 3 heteroatoms. The smallest absolute Gasteiger partial charge is 0.306 e. The fraction of sp³-hybridized carbons (Fsp3) is 0.679. The van der Waals surface area contributed by atoms with Crippen LogP contribution in [-0.4, -0.2) is 18.7 Å². The van der Waals surface area contributed by atoms with Crippen LogP contribution in [0.5, 0.6) is 5.75 Å². The zero-order valence-electron chi connectivity index (χ0n) is 36.3. The van der Waals surface area contributed by atoms with Crippen molar-refractivity contribution in [1.82, 2.24) is 0 Å². The van der Waals surface area contributed by atoms with Crippen molar-refractivity contribution < 1.29 is 14.3 Å². The van der Waals surface area contributed by atoms with Gasteiger partial charge in [-0.3, -0.25) is 4.79 Å². The first-order chi connectivity index (χ1) is 27.1. The third kappa shape index (κ3) is 10.7. The van der Waals surface area contributed by atoms with Crippen molar-refractivity contribution >= 4 is 5.97 Å². The number of benzene rings is 2. The fourth-order valence-electron chi connectivity index (χ4n) is 12.0. The molecule has 0 bridgehead atoms. The monoisotopic (exact) mass is 761 g/mol. The van der Waals surface area contributed by atoms with Crippen LogP contribution < -0.4 is 4.74 Å². The second-order valence-electron chi connectivity index (χ2n) is 19.6. The van der Waals surface area contributed by atoms with Crippen molar-refractivity contribution in [3.8, 4) is 17.6 Å². The maximum absolute atomic E-state index is 12.9. The van der Waals surface area contributed by atoms with E-state index in [1.807, 2.05) is 24.3 Å². The van der Waals surface area contributed by atoms with E-state index >= 15 is 0 Å². The highest BCUT2D eigenvalue weighted by molar-refractivity contribution is 5.69. The molecule has 0 aromatic heterocycles. The number of allylic oxidation sites excluding steroid dienone is 1. The molecule has 0 spiro atoms. The van der Waals surface area contributed by atoms with Crippen LogP contribution in [0.4, 0.5) is 0 Å². The van der Waals surface area contributed by atoms with E-state index in [0.717, 1.165) is 90.9 Å². The van der Waals surface area contributed by atoms with Gasteiger partial charge in [0.15, 0.2) is 0 Å². The number of hydrogen-bond donors (Lipinski definition) is 0. The minimum atomic E-state index is -0.0168. The lowest BCUT2D eigenvalue weighted by atomic mass is 9.47. The number of hydrogen-bond acceptors (Lipinski definition) is 3. The summed E-state index contributed by atoms with van der Waals surface area (Å²) in [4.78, 5) is 12.9. The Hall–Kier alpha value is -2.99. The van der Waals surface area contributed by atoms with E-state index in [1.54, 1.807) is 5.57 Å². The van der Waals surface area contributed by atoms with Crippen LogP contribution in [0.25, 0.3) is 0 Å². The third-order valence-electron chi connectivity index (χ3n) is 15.3. The molecule has 306 valence electrons. The molecule has 2 aromatic carbocycles. The van der Waals surface area contributed by atoms with Gasteiger partial charge in [0.1, 0.15) is 11.9 Å². The summed E-state index contributed by atoms with van der Waals surface area (Å²) in [5, 5.41) is 0. The second kappa shape index (κ2) is 20.1. The Balaban J connectivity index is 0.871. The van der Waals surface area contributed by atoms with Gasteiger partial charge in [0.25, 0.3) is 0 Å². The number of unbranched alkanes of at least 4 members (excludes halogenated alkanes) is 5. The highest BCUT2D eigenvalue weighted by Gasteiger charge is 2.59. The first kappa shape index (κ1) is 42.6. The van der Waals surface area contributed by atoms with Crippen LogP contribution in [0.3, 0.4) is 0 Å². The molecule has 0 amide bonds. The Bertz CT molecular complexity index is 1620. The molecule has 3 fully saturated rings. The molecule has 0 radical (unpaired) electrons. The van der Waals surface area contributed by atoms with Gasteiger partial charge < -0.3 is 9.47 Å². The number of fused-ring (bicyclic) bond motifs is 5. The van der Waals surface area contributed by atoms with Crippen LogP contribution in [0.1, 0.15) is 180 Å². The van der Waals surface area contributed by atoms with Crippen molar-refractivity contribution in [3.05, 3.63) is 76.9 Å². The minimum absolute atomic E-state index is 0.0168. The third-order valence-corrected chi connectivity index (χ3v) is 15.3. The van der Waals surface area contributed by atoms with Crippen LogP contribution in [0.15, 0.2) is 60.2 Å². The SMILES string of the molecule is CCCCCCc1ccc(C#Cc2ccc(OCCCCCC(=O)O[C@H]3CC[C@@]4(C)C(=CC[C@H]5[C@@H]6CC[C@H]([C@H](C)CCCC(C)C)[C@@]6(C)CC[C@@H]54)C3)cc2)cc1. The van der Waals surface area contributed by atoms with Crippen molar-refractivity contribution in [3.63, 3.8) is 0 Å². The van der Waals surface area contributed by atoms with Gasteiger partial charge in [-0.1, -0.05) is 116 Å². The molecule has 4 aliphatic rings. The molecule has 56 heavy (non-hydrogen) atoms. The summed E-state index contributed by atoms with van der Waals surface area (Å²) in [5.41, 5.74) is 5.87. The van der Waals surface area contributed by atoms with Gasteiger partial charge in [0, 0.05) is 24.0 Å². The van der Waals surface area contributed by atoms with Gasteiger partial charge in [-0.25, -0.2) is 0 Å². The zero-order valence-corrected chi connectivity index (χ0v) is 36.3. The molecule has 3 saturated carbocycles. The molecule has 0 unspecified atom stereocenters. The van der Waals surface area contributed by atoms with Crippen molar-refractivity contribution in [2.45, 2.75) is 176 Å². The standard InChI is InChI=1S/C53H76O3/c1-7-8-9-11-17-41-19-21-42(22-20-41)23-24-43-25-28-45(29-26-43)55-37-13-10-12-18-51(54)56-46-33-35-52(5)44(38-46)27-30-47-49-32-31-48(40(4)16-14-15-39(2)3)53(49,6)36-34-50(47)52/h19-22,25-29,39-40,46-50H,7-18,30-38H2,1-6H3/t40-,46+,47+,48-,49+,50+,52+,53-/m1/s1. The van der Waals surface area contributed by atoms with Crippen molar-refractivity contribution in [2.75, 3.05) is 6.61 Å². The number of carbonyl (C=O) groups is 1. The van der Waals surface area contributed by atoms with E-state index < -0.39 is 0 Å². The second-order valence-corrected chi connectivity index (χ2v) is 19.6. The Labute approximate surface area is 342 Å². The normalized spacial score (nSPS) is 28.6. The van der Waals surface area contributed by atoms with Crippen LogP contribution in [0.2, 0.25) is 0 Å². The van der Waals surface area contributed by atoms with Gasteiger partial charge in [0.2, 0.25) is 0 Å². The molecule has 0 aliphatic heterocycles. The summed E-state index contributed by atoms with van der Waals surface area (Å²) < 4.78 is 12.1. The first-order valence-corrected chi connectivity index (χ1v) is 23.3. The van der Waals surface area contributed by atoms with E-state index in [0.29, 0.717) is 23.9 Å². The summed E-state index contributed by atoms with van der Waals surface area (Å²) in [6.07, 6.45) is 26.5. The van der Waals surface area contributed by atoms with Crippen LogP contribution in [0, 0.1) is 58.2 Å². The number of rotatable bonds is 18. The van der Waals surface area contributed by atoms with Crippen molar-refractivity contribution in [1.29, 1.82) is 0 Å². The van der Waals surface area contributed by atoms with E-state index in [-0.39, 0.29) is 12.1 Å². The number of esters is 1. The molecular weight excluding hydrogens is 685 g/mol. The topological polar surface area (TPSA) is 35.5 Å². The molecule has 4 aliphatic carbocycles. The average Bonchev–Trinajstić information content (AvgIpc) is 3.55. The summed E-state index contributed by atoms with van der Waals surface area (Å²) in [6, 6.07) is 16.8. The molecule has 0 N–H and O–H groups in total. The highest BCUT2D eigenvalue weighted by Crippen LogP contribution is 2.67.